The zero-order valence-corrected chi connectivity index (χ0v) is 17.3. The van der Waals surface area contributed by atoms with Crippen LogP contribution in [0.1, 0.15) is 34.1 Å². The van der Waals surface area contributed by atoms with Crippen LogP contribution in [0.5, 0.6) is 0 Å². The highest BCUT2D eigenvalue weighted by atomic mass is 16.4. The summed E-state index contributed by atoms with van der Waals surface area (Å²) in [7, 11) is 0. The van der Waals surface area contributed by atoms with Crippen molar-refractivity contribution in [1.29, 1.82) is 0 Å². The third-order valence-corrected chi connectivity index (χ3v) is 4.06. The first-order chi connectivity index (χ1) is 13.2. The predicted octanol–water partition coefficient (Wildman–Crippen LogP) is 0.170. The van der Waals surface area contributed by atoms with E-state index in [1.165, 1.54) is 0 Å². The Labute approximate surface area is 166 Å². The van der Waals surface area contributed by atoms with Gasteiger partial charge in [0.1, 0.15) is 5.78 Å². The average molecular weight is 405 g/mol. The molecule has 0 aliphatic carbocycles. The van der Waals surface area contributed by atoms with Crippen LogP contribution in [0, 0.1) is 0 Å². The molecular weight excluding hydrogens is 370 g/mol. The number of aliphatic carboxylic acids is 2. The molecular formula is C18H35N3O7. The molecule has 0 spiro atoms. The lowest BCUT2D eigenvalue weighted by Crippen LogP contribution is -2.43. The largest absolute Gasteiger partial charge is 0.483 e. The minimum atomic E-state index is -0.891. The fourth-order valence-corrected chi connectivity index (χ4v) is 2.84. The van der Waals surface area contributed by atoms with E-state index in [2.05, 4.69) is 4.90 Å². The van der Waals surface area contributed by atoms with Gasteiger partial charge in [-0.3, -0.25) is 33.9 Å². The number of carbonyl (C=O) groups excluding carboxylic acids is 1. The van der Waals surface area contributed by atoms with Gasteiger partial charge in [0.2, 0.25) is 0 Å². The number of ketones is 1. The number of carboxylic acid groups (broad SMARTS) is 3. The highest BCUT2D eigenvalue weighted by Crippen LogP contribution is 2.08. The Morgan fingerprint density at radius 3 is 1.50 bits per heavy atom. The number of rotatable bonds is 7. The normalized spacial score (nSPS) is 17.3. The maximum Gasteiger partial charge on any atom is 0.317 e. The summed E-state index contributed by atoms with van der Waals surface area (Å²) in [5, 5.41) is 24.9. The number of Topliss-reactive ketones (excluding diaryl/α,β-unsaturated/α-hetero) is 1. The molecule has 1 aliphatic rings. The smallest absolute Gasteiger partial charge is 0.317 e. The van der Waals surface area contributed by atoms with Crippen LogP contribution in [0.4, 0.5) is 0 Å². The second-order valence-corrected chi connectivity index (χ2v) is 6.24. The van der Waals surface area contributed by atoms with Crippen LogP contribution < -0.4 is 0 Å². The molecule has 164 valence electrons. The van der Waals surface area contributed by atoms with Gasteiger partial charge >= 0.3 is 11.9 Å². The Balaban J connectivity index is 0. The van der Waals surface area contributed by atoms with Crippen molar-refractivity contribution in [1.82, 2.24) is 14.7 Å². The standard InChI is InChI=1S/C15H27N3O5.C2H6.CH2O2/c1-12(9-13(2)19)18-7-5-16(10-14(20)21)3-4-17(6-8-18)11-15(22)23;1-2;2-1-3/h12H,3-11H2,1-2H3,(H,20,21)(H,22,23);1-2H3;1H,(H,2,3). The summed E-state index contributed by atoms with van der Waals surface area (Å²) < 4.78 is 0. The maximum absolute atomic E-state index is 11.3. The third kappa shape index (κ3) is 15.1. The molecule has 28 heavy (non-hydrogen) atoms. The van der Waals surface area contributed by atoms with Gasteiger partial charge in [-0.05, 0) is 13.8 Å². The lowest BCUT2D eigenvalue weighted by atomic mass is 10.1. The molecule has 3 N–H and O–H groups in total. The van der Waals surface area contributed by atoms with E-state index in [0.29, 0.717) is 45.7 Å². The van der Waals surface area contributed by atoms with Crippen molar-refractivity contribution in [3.8, 4) is 0 Å². The van der Waals surface area contributed by atoms with Crippen molar-refractivity contribution in [2.45, 2.75) is 40.2 Å². The van der Waals surface area contributed by atoms with Crippen LogP contribution in [0.25, 0.3) is 0 Å². The lowest BCUT2D eigenvalue weighted by molar-refractivity contribution is -0.140. The Morgan fingerprint density at radius 1 is 0.893 bits per heavy atom. The molecule has 1 rings (SSSR count). The van der Waals surface area contributed by atoms with Crippen LogP contribution in [-0.4, -0.2) is 113 Å². The summed E-state index contributed by atoms with van der Waals surface area (Å²) in [5.41, 5.74) is 0. The minimum absolute atomic E-state index is 0.0592. The zero-order chi connectivity index (χ0) is 22.1. The second kappa shape index (κ2) is 17.1. The summed E-state index contributed by atoms with van der Waals surface area (Å²) in [6, 6.07) is 0.0592. The quantitative estimate of drug-likeness (QED) is 0.502. The van der Waals surface area contributed by atoms with Gasteiger partial charge in [-0.2, -0.15) is 0 Å². The van der Waals surface area contributed by atoms with Gasteiger partial charge in [-0.25, -0.2) is 0 Å². The second-order valence-electron chi connectivity index (χ2n) is 6.24. The summed E-state index contributed by atoms with van der Waals surface area (Å²) in [5.74, 6) is -1.67. The Hall–Kier alpha value is -2.04. The van der Waals surface area contributed by atoms with Gasteiger partial charge in [0.15, 0.2) is 0 Å². The number of nitrogens with zero attached hydrogens (tertiary/aromatic N) is 3. The van der Waals surface area contributed by atoms with Gasteiger partial charge in [0.25, 0.3) is 6.47 Å². The van der Waals surface area contributed by atoms with Crippen LogP contribution in [0.2, 0.25) is 0 Å². The van der Waals surface area contributed by atoms with E-state index >= 15 is 0 Å². The van der Waals surface area contributed by atoms with Gasteiger partial charge in [-0.1, -0.05) is 13.8 Å². The number of carbonyl (C=O) groups is 4. The summed E-state index contributed by atoms with van der Waals surface area (Å²) >= 11 is 0. The van der Waals surface area contributed by atoms with Gasteiger partial charge < -0.3 is 15.3 Å². The van der Waals surface area contributed by atoms with Crippen molar-refractivity contribution in [2.24, 2.45) is 0 Å². The fourth-order valence-electron chi connectivity index (χ4n) is 2.84. The monoisotopic (exact) mass is 405 g/mol. The van der Waals surface area contributed by atoms with Crippen molar-refractivity contribution < 1.29 is 34.5 Å². The first kappa shape index (κ1) is 28.2. The van der Waals surface area contributed by atoms with E-state index in [1.54, 1.807) is 6.92 Å². The van der Waals surface area contributed by atoms with Gasteiger partial charge in [-0.15, -0.1) is 0 Å². The molecule has 10 nitrogen and oxygen atoms in total. The summed E-state index contributed by atoms with van der Waals surface area (Å²) in [4.78, 5) is 47.4. The molecule has 1 fully saturated rings. The molecule has 1 saturated heterocycles. The third-order valence-electron chi connectivity index (χ3n) is 4.06. The van der Waals surface area contributed by atoms with E-state index in [1.807, 2.05) is 30.6 Å². The molecule has 1 atom stereocenters. The summed E-state index contributed by atoms with van der Waals surface area (Å²) in [6.07, 6.45) is 0.442. The zero-order valence-electron chi connectivity index (χ0n) is 17.3. The van der Waals surface area contributed by atoms with Crippen molar-refractivity contribution in [2.75, 3.05) is 52.4 Å². The van der Waals surface area contributed by atoms with E-state index in [0.717, 1.165) is 0 Å². The fraction of sp³-hybridized carbons (Fsp3) is 0.778. The first-order valence-electron chi connectivity index (χ1n) is 9.39. The number of carboxylic acids is 2. The van der Waals surface area contributed by atoms with Crippen LogP contribution in [0.15, 0.2) is 0 Å². The van der Waals surface area contributed by atoms with Crippen molar-refractivity contribution in [3.05, 3.63) is 0 Å². The highest BCUT2D eigenvalue weighted by Gasteiger charge is 2.22. The Kier molecular flexibility index (Phi) is 17.2. The molecule has 0 aromatic rings. The predicted molar refractivity (Wildman–Crippen MR) is 105 cm³/mol. The SMILES string of the molecule is CC.CC(=O)CC(C)N1CCN(CC(=O)O)CCN(CC(=O)O)CC1.O=CO. The van der Waals surface area contributed by atoms with E-state index < -0.39 is 11.9 Å². The average Bonchev–Trinajstić information content (AvgIpc) is 2.68. The van der Waals surface area contributed by atoms with E-state index in [4.69, 9.17) is 20.1 Å². The lowest BCUT2D eigenvalue weighted by Gasteiger charge is -2.30. The van der Waals surface area contributed by atoms with E-state index in [-0.39, 0.29) is 31.4 Å². The Bertz CT molecular complexity index is 446. The molecule has 0 bridgehead atoms. The molecule has 0 aromatic carbocycles. The molecule has 0 amide bonds. The number of hydrogen-bond donors (Lipinski definition) is 3. The highest BCUT2D eigenvalue weighted by molar-refractivity contribution is 5.76. The number of hydrogen-bond acceptors (Lipinski definition) is 7. The molecule has 0 aromatic heterocycles. The maximum atomic E-state index is 11.3. The topological polar surface area (TPSA) is 139 Å². The van der Waals surface area contributed by atoms with Gasteiger partial charge in [0.05, 0.1) is 13.1 Å². The van der Waals surface area contributed by atoms with Crippen LogP contribution in [0.3, 0.4) is 0 Å². The van der Waals surface area contributed by atoms with Crippen molar-refractivity contribution in [3.63, 3.8) is 0 Å². The summed E-state index contributed by atoms with van der Waals surface area (Å²) in [6.45, 7) is 10.7. The molecule has 0 saturated carbocycles. The Morgan fingerprint density at radius 2 is 1.21 bits per heavy atom. The molecule has 1 heterocycles. The molecule has 1 aliphatic heterocycles. The van der Waals surface area contributed by atoms with Crippen LogP contribution in [-0.2, 0) is 19.2 Å². The first-order valence-corrected chi connectivity index (χ1v) is 9.39. The van der Waals surface area contributed by atoms with E-state index in [9.17, 15) is 14.4 Å². The van der Waals surface area contributed by atoms with Crippen LogP contribution >= 0.6 is 0 Å². The molecule has 0 radical (unpaired) electrons. The molecule has 1 unspecified atom stereocenters. The van der Waals surface area contributed by atoms with Crippen molar-refractivity contribution >= 4 is 24.2 Å². The molecule has 10 heteroatoms. The van der Waals surface area contributed by atoms with Gasteiger partial charge in [0, 0.05) is 51.7 Å². The minimum Gasteiger partial charge on any atom is -0.483 e.